The predicted octanol–water partition coefficient (Wildman–Crippen LogP) is 4.95. The Hall–Kier alpha value is -2.66. The van der Waals surface area contributed by atoms with E-state index in [2.05, 4.69) is 24.1 Å². The summed E-state index contributed by atoms with van der Waals surface area (Å²) in [5, 5.41) is 5.74. The van der Waals surface area contributed by atoms with Gasteiger partial charge in [-0.1, -0.05) is 44.2 Å². The molecule has 26 heavy (non-hydrogen) atoms. The fraction of sp³-hybridized carbons (Fsp3) is 0.238. The number of amides is 1. The zero-order valence-electron chi connectivity index (χ0n) is 15.1. The maximum atomic E-state index is 12.7. The average Bonchev–Trinajstić information content (AvgIpc) is 3.17. The molecule has 2 aromatic carbocycles. The van der Waals surface area contributed by atoms with E-state index in [1.165, 1.54) is 11.3 Å². The molecule has 0 aliphatic rings. The van der Waals surface area contributed by atoms with Gasteiger partial charge < -0.3 is 10.1 Å². The Bertz CT molecular complexity index is 857. The number of nitrogens with zero attached hydrogens (tertiary/aromatic N) is 1. The first kappa shape index (κ1) is 18.1. The molecule has 3 aromatic rings. The summed E-state index contributed by atoms with van der Waals surface area (Å²) in [6.07, 6.45) is 0. The monoisotopic (exact) mass is 366 g/mol. The molecule has 0 saturated heterocycles. The van der Waals surface area contributed by atoms with E-state index in [4.69, 9.17) is 4.74 Å². The Kier molecular flexibility index (Phi) is 5.68. The molecule has 0 aliphatic heterocycles. The van der Waals surface area contributed by atoms with Crippen LogP contribution in [0.5, 0.6) is 5.75 Å². The van der Waals surface area contributed by atoms with Crippen molar-refractivity contribution in [3.63, 3.8) is 0 Å². The van der Waals surface area contributed by atoms with E-state index < -0.39 is 0 Å². The SMILES string of the molecule is COc1ccc(-c2nc(C(=O)NC(c3ccccc3)C(C)C)cs2)cc1. The van der Waals surface area contributed by atoms with Gasteiger partial charge in [0.2, 0.25) is 0 Å². The molecule has 1 heterocycles. The van der Waals surface area contributed by atoms with Crippen LogP contribution in [0.25, 0.3) is 10.6 Å². The molecule has 0 spiro atoms. The maximum absolute atomic E-state index is 12.7. The van der Waals surface area contributed by atoms with Gasteiger partial charge in [0.25, 0.3) is 5.91 Å². The van der Waals surface area contributed by atoms with Crippen LogP contribution < -0.4 is 10.1 Å². The van der Waals surface area contributed by atoms with Gasteiger partial charge in [-0.05, 0) is 35.7 Å². The molecule has 1 aromatic heterocycles. The first-order chi connectivity index (χ1) is 12.6. The van der Waals surface area contributed by atoms with Crippen LogP contribution in [0.1, 0.15) is 35.9 Å². The van der Waals surface area contributed by atoms with Crippen molar-refractivity contribution >= 4 is 17.2 Å². The molecule has 1 unspecified atom stereocenters. The standard InChI is InChI=1S/C21H22N2O2S/c1-14(2)19(15-7-5-4-6-8-15)23-20(24)18-13-26-21(22-18)16-9-11-17(25-3)12-10-16/h4-14,19H,1-3H3,(H,23,24). The number of carbonyl (C=O) groups excluding carboxylic acids is 1. The smallest absolute Gasteiger partial charge is 0.271 e. The van der Waals surface area contributed by atoms with Gasteiger partial charge in [0.05, 0.1) is 13.2 Å². The lowest BCUT2D eigenvalue weighted by molar-refractivity contribution is 0.0921. The highest BCUT2D eigenvalue weighted by Gasteiger charge is 2.20. The van der Waals surface area contributed by atoms with Gasteiger partial charge >= 0.3 is 0 Å². The third-order valence-corrected chi connectivity index (χ3v) is 5.08. The zero-order chi connectivity index (χ0) is 18.5. The Morgan fingerprint density at radius 2 is 1.77 bits per heavy atom. The topological polar surface area (TPSA) is 51.2 Å². The Morgan fingerprint density at radius 1 is 1.08 bits per heavy atom. The quantitative estimate of drug-likeness (QED) is 0.672. The van der Waals surface area contributed by atoms with Crippen LogP contribution in [0.2, 0.25) is 0 Å². The summed E-state index contributed by atoms with van der Waals surface area (Å²) < 4.78 is 5.18. The molecular weight excluding hydrogens is 344 g/mol. The second-order valence-electron chi connectivity index (χ2n) is 6.37. The van der Waals surface area contributed by atoms with Gasteiger partial charge in [-0.15, -0.1) is 11.3 Å². The molecule has 1 N–H and O–H groups in total. The molecule has 1 atom stereocenters. The highest BCUT2D eigenvalue weighted by molar-refractivity contribution is 7.13. The van der Waals surface area contributed by atoms with Crippen molar-refractivity contribution in [2.75, 3.05) is 7.11 Å². The summed E-state index contributed by atoms with van der Waals surface area (Å²) in [5.41, 5.74) is 2.52. The minimum absolute atomic E-state index is 0.0464. The number of nitrogens with one attached hydrogen (secondary N) is 1. The van der Waals surface area contributed by atoms with E-state index in [0.717, 1.165) is 21.9 Å². The largest absolute Gasteiger partial charge is 0.497 e. The number of thiazole rings is 1. The van der Waals surface area contributed by atoms with Crippen molar-refractivity contribution in [2.24, 2.45) is 5.92 Å². The molecule has 0 fully saturated rings. The summed E-state index contributed by atoms with van der Waals surface area (Å²) >= 11 is 1.46. The molecular formula is C21H22N2O2S. The van der Waals surface area contributed by atoms with Crippen molar-refractivity contribution in [1.29, 1.82) is 0 Å². The van der Waals surface area contributed by atoms with Crippen LogP contribution >= 0.6 is 11.3 Å². The summed E-state index contributed by atoms with van der Waals surface area (Å²) in [6, 6.07) is 17.6. The van der Waals surface area contributed by atoms with Gasteiger partial charge in [0, 0.05) is 10.9 Å². The molecule has 0 radical (unpaired) electrons. The highest BCUT2D eigenvalue weighted by Crippen LogP contribution is 2.27. The second kappa shape index (κ2) is 8.15. The van der Waals surface area contributed by atoms with E-state index >= 15 is 0 Å². The molecule has 134 valence electrons. The van der Waals surface area contributed by atoms with Crippen LogP contribution in [0.3, 0.4) is 0 Å². The van der Waals surface area contributed by atoms with Crippen molar-refractivity contribution in [3.8, 4) is 16.3 Å². The number of methoxy groups -OCH3 is 1. The number of hydrogen-bond acceptors (Lipinski definition) is 4. The molecule has 4 nitrogen and oxygen atoms in total. The van der Waals surface area contributed by atoms with E-state index in [1.54, 1.807) is 12.5 Å². The maximum Gasteiger partial charge on any atom is 0.271 e. The van der Waals surface area contributed by atoms with Crippen LogP contribution in [0, 0.1) is 5.92 Å². The van der Waals surface area contributed by atoms with Gasteiger partial charge in [-0.3, -0.25) is 4.79 Å². The highest BCUT2D eigenvalue weighted by atomic mass is 32.1. The number of carbonyl (C=O) groups is 1. The molecule has 3 rings (SSSR count). The van der Waals surface area contributed by atoms with Crippen LogP contribution in [0.15, 0.2) is 60.0 Å². The summed E-state index contributed by atoms with van der Waals surface area (Å²) in [5.74, 6) is 0.926. The third kappa shape index (κ3) is 4.11. The lowest BCUT2D eigenvalue weighted by atomic mass is 9.96. The predicted molar refractivity (Wildman–Crippen MR) is 106 cm³/mol. The van der Waals surface area contributed by atoms with Crippen molar-refractivity contribution in [2.45, 2.75) is 19.9 Å². The van der Waals surface area contributed by atoms with Crippen LogP contribution in [0.4, 0.5) is 0 Å². The summed E-state index contributed by atoms with van der Waals surface area (Å²) in [4.78, 5) is 17.2. The Labute approximate surface area is 157 Å². The normalized spacial score (nSPS) is 12.0. The van der Waals surface area contributed by atoms with Crippen molar-refractivity contribution in [3.05, 3.63) is 71.2 Å². The van der Waals surface area contributed by atoms with Crippen molar-refractivity contribution in [1.82, 2.24) is 10.3 Å². The van der Waals surface area contributed by atoms with Crippen LogP contribution in [-0.2, 0) is 0 Å². The summed E-state index contributed by atoms with van der Waals surface area (Å²) in [6.45, 7) is 4.20. The van der Waals surface area contributed by atoms with Gasteiger partial charge in [0.1, 0.15) is 16.5 Å². The van der Waals surface area contributed by atoms with Gasteiger partial charge in [-0.25, -0.2) is 4.98 Å². The molecule has 1 amide bonds. The van der Waals surface area contributed by atoms with E-state index in [0.29, 0.717) is 5.69 Å². The molecule has 0 aliphatic carbocycles. The first-order valence-corrected chi connectivity index (χ1v) is 9.42. The van der Waals surface area contributed by atoms with E-state index in [1.807, 2.05) is 54.6 Å². The Balaban J connectivity index is 1.76. The minimum Gasteiger partial charge on any atom is -0.497 e. The van der Waals surface area contributed by atoms with Gasteiger partial charge in [0.15, 0.2) is 0 Å². The van der Waals surface area contributed by atoms with E-state index in [9.17, 15) is 4.79 Å². The van der Waals surface area contributed by atoms with Crippen LogP contribution in [-0.4, -0.2) is 18.0 Å². The zero-order valence-corrected chi connectivity index (χ0v) is 15.9. The fourth-order valence-corrected chi connectivity index (χ4v) is 3.56. The molecule has 0 bridgehead atoms. The molecule has 0 saturated carbocycles. The minimum atomic E-state index is -0.149. The number of benzene rings is 2. The average molecular weight is 366 g/mol. The Morgan fingerprint density at radius 3 is 2.38 bits per heavy atom. The second-order valence-corrected chi connectivity index (χ2v) is 7.23. The molecule has 5 heteroatoms. The number of ether oxygens (including phenoxy) is 1. The number of aromatic nitrogens is 1. The number of rotatable bonds is 6. The van der Waals surface area contributed by atoms with E-state index in [-0.39, 0.29) is 17.9 Å². The third-order valence-electron chi connectivity index (χ3n) is 4.19. The summed E-state index contributed by atoms with van der Waals surface area (Å²) in [7, 11) is 1.64. The number of hydrogen-bond donors (Lipinski definition) is 1. The lowest BCUT2D eigenvalue weighted by Crippen LogP contribution is -2.31. The fourth-order valence-electron chi connectivity index (χ4n) is 2.75. The van der Waals surface area contributed by atoms with Crippen molar-refractivity contribution < 1.29 is 9.53 Å². The van der Waals surface area contributed by atoms with Gasteiger partial charge in [-0.2, -0.15) is 0 Å². The lowest BCUT2D eigenvalue weighted by Gasteiger charge is -2.22. The first-order valence-electron chi connectivity index (χ1n) is 8.54.